The van der Waals surface area contributed by atoms with E-state index in [-0.39, 0.29) is 5.91 Å². The summed E-state index contributed by atoms with van der Waals surface area (Å²) in [5, 5.41) is 8.86. The topological polar surface area (TPSA) is 70.1 Å². The van der Waals surface area contributed by atoms with Gasteiger partial charge in [-0.3, -0.25) is 4.79 Å². The molecule has 1 aliphatic rings. The molecule has 2 unspecified atom stereocenters. The van der Waals surface area contributed by atoms with Crippen molar-refractivity contribution in [3.8, 4) is 0 Å². The number of carboxylic acids is 1. The molecule has 110 valence electrons. The van der Waals surface area contributed by atoms with Gasteiger partial charge in [0.15, 0.2) is 6.10 Å². The third-order valence-corrected chi connectivity index (χ3v) is 3.30. The van der Waals surface area contributed by atoms with Crippen LogP contribution in [-0.4, -0.2) is 72.7 Å². The van der Waals surface area contributed by atoms with E-state index >= 15 is 0 Å². The summed E-state index contributed by atoms with van der Waals surface area (Å²) in [6.07, 6.45) is 0.414. The van der Waals surface area contributed by atoms with Crippen molar-refractivity contribution in [2.24, 2.45) is 0 Å². The highest BCUT2D eigenvalue weighted by Gasteiger charge is 2.36. The smallest absolute Gasteiger partial charge is 0.332 e. The second kappa shape index (κ2) is 7.45. The molecule has 1 fully saturated rings. The molecule has 1 amide bonds. The second-order valence-corrected chi connectivity index (χ2v) is 5.10. The van der Waals surface area contributed by atoms with Crippen LogP contribution < -0.4 is 0 Å². The zero-order valence-electron chi connectivity index (χ0n) is 12.0. The van der Waals surface area contributed by atoms with Crippen LogP contribution in [0.1, 0.15) is 26.2 Å². The molecule has 0 saturated carbocycles. The Hall–Kier alpha value is -1.14. The van der Waals surface area contributed by atoms with Crippen LogP contribution in [0.5, 0.6) is 0 Å². The molecule has 1 aliphatic heterocycles. The molecule has 0 aromatic carbocycles. The van der Waals surface area contributed by atoms with Crippen molar-refractivity contribution in [1.29, 1.82) is 0 Å². The predicted octanol–water partition coefficient (Wildman–Crippen LogP) is 0.419. The van der Waals surface area contributed by atoms with Crippen LogP contribution in [0.15, 0.2) is 0 Å². The maximum Gasteiger partial charge on any atom is 0.332 e. The van der Waals surface area contributed by atoms with Gasteiger partial charge in [-0.2, -0.15) is 0 Å². The molecule has 0 aromatic rings. The van der Waals surface area contributed by atoms with Crippen LogP contribution in [-0.2, 0) is 14.3 Å². The van der Waals surface area contributed by atoms with Gasteiger partial charge < -0.3 is 19.6 Å². The first-order valence-electron chi connectivity index (χ1n) is 6.77. The van der Waals surface area contributed by atoms with Crippen molar-refractivity contribution in [3.05, 3.63) is 0 Å². The Morgan fingerprint density at radius 3 is 2.32 bits per heavy atom. The van der Waals surface area contributed by atoms with Gasteiger partial charge in [-0.15, -0.1) is 0 Å². The first kappa shape index (κ1) is 15.9. The number of amides is 1. The van der Waals surface area contributed by atoms with Gasteiger partial charge in [-0.05, 0) is 46.8 Å². The summed E-state index contributed by atoms with van der Waals surface area (Å²) in [7, 11) is 3.99. The van der Waals surface area contributed by atoms with Crippen LogP contribution >= 0.6 is 0 Å². The highest BCUT2D eigenvalue weighted by atomic mass is 16.5. The number of nitrogens with zero attached hydrogens (tertiary/aromatic N) is 2. The Morgan fingerprint density at radius 1 is 1.21 bits per heavy atom. The summed E-state index contributed by atoms with van der Waals surface area (Å²) in [6.45, 7) is 4.17. The highest BCUT2D eigenvalue weighted by molar-refractivity contribution is 5.82. The van der Waals surface area contributed by atoms with Gasteiger partial charge in [-0.1, -0.05) is 0 Å². The zero-order valence-corrected chi connectivity index (χ0v) is 12.0. The lowest BCUT2D eigenvalue weighted by atomic mass is 10.1. The van der Waals surface area contributed by atoms with E-state index in [9.17, 15) is 9.59 Å². The SMILES string of the molecule is CCN(CCCN(C)C)C(=O)C1CCC(C(=O)O)O1. The molecule has 2 atom stereocenters. The first-order valence-corrected chi connectivity index (χ1v) is 6.77. The molecule has 0 bridgehead atoms. The summed E-state index contributed by atoms with van der Waals surface area (Å²) in [4.78, 5) is 26.8. The molecule has 0 aliphatic carbocycles. The van der Waals surface area contributed by atoms with E-state index in [1.807, 2.05) is 21.0 Å². The highest BCUT2D eigenvalue weighted by Crippen LogP contribution is 2.21. The number of ether oxygens (including phenoxy) is 1. The van der Waals surface area contributed by atoms with Crippen molar-refractivity contribution >= 4 is 11.9 Å². The largest absolute Gasteiger partial charge is 0.479 e. The van der Waals surface area contributed by atoms with E-state index < -0.39 is 18.2 Å². The van der Waals surface area contributed by atoms with Crippen LogP contribution in [0.4, 0.5) is 0 Å². The lowest BCUT2D eigenvalue weighted by Gasteiger charge is -2.24. The fraction of sp³-hybridized carbons (Fsp3) is 0.846. The predicted molar refractivity (Wildman–Crippen MR) is 71.0 cm³/mol. The minimum Gasteiger partial charge on any atom is -0.479 e. The molecule has 1 N–H and O–H groups in total. The van der Waals surface area contributed by atoms with Crippen LogP contribution in [0, 0.1) is 0 Å². The van der Waals surface area contributed by atoms with Crippen molar-refractivity contribution in [1.82, 2.24) is 9.80 Å². The van der Waals surface area contributed by atoms with E-state index in [0.717, 1.165) is 13.0 Å². The molecular weight excluding hydrogens is 248 g/mol. The van der Waals surface area contributed by atoms with Crippen LogP contribution in [0.25, 0.3) is 0 Å². The van der Waals surface area contributed by atoms with Gasteiger partial charge in [0.1, 0.15) is 6.10 Å². The van der Waals surface area contributed by atoms with Crippen molar-refractivity contribution in [2.75, 3.05) is 33.7 Å². The van der Waals surface area contributed by atoms with E-state index in [1.54, 1.807) is 4.90 Å². The number of likely N-dealkylation sites (N-methyl/N-ethyl adjacent to an activating group) is 1. The molecule has 1 rings (SSSR count). The third kappa shape index (κ3) is 4.80. The molecule has 0 spiro atoms. The number of hydrogen-bond acceptors (Lipinski definition) is 4. The maximum absolute atomic E-state index is 12.2. The zero-order chi connectivity index (χ0) is 14.4. The summed E-state index contributed by atoms with van der Waals surface area (Å²) in [6, 6.07) is 0. The Kier molecular flexibility index (Phi) is 6.24. The van der Waals surface area contributed by atoms with Crippen molar-refractivity contribution < 1.29 is 19.4 Å². The van der Waals surface area contributed by atoms with Gasteiger partial charge in [0, 0.05) is 13.1 Å². The normalized spacial score (nSPS) is 22.7. The average Bonchev–Trinajstić information content (AvgIpc) is 2.83. The lowest BCUT2D eigenvalue weighted by molar-refractivity contribution is -0.154. The molecule has 0 aromatic heterocycles. The van der Waals surface area contributed by atoms with Crippen molar-refractivity contribution in [3.63, 3.8) is 0 Å². The molecule has 0 radical (unpaired) electrons. The van der Waals surface area contributed by atoms with Crippen LogP contribution in [0.2, 0.25) is 0 Å². The quantitative estimate of drug-likeness (QED) is 0.727. The standard InChI is InChI=1S/C13H24N2O4/c1-4-15(9-5-8-14(2)3)12(16)10-6-7-11(19-10)13(17)18/h10-11H,4-9H2,1-3H3,(H,17,18). The summed E-state index contributed by atoms with van der Waals surface area (Å²) < 4.78 is 5.29. The minimum absolute atomic E-state index is 0.0787. The summed E-state index contributed by atoms with van der Waals surface area (Å²) in [5.74, 6) is -1.06. The van der Waals surface area contributed by atoms with E-state index in [4.69, 9.17) is 9.84 Å². The van der Waals surface area contributed by atoms with E-state index in [0.29, 0.717) is 25.9 Å². The molecule has 1 saturated heterocycles. The molecule has 6 heteroatoms. The van der Waals surface area contributed by atoms with Gasteiger partial charge in [-0.25, -0.2) is 4.79 Å². The number of carbonyl (C=O) groups is 2. The van der Waals surface area contributed by atoms with E-state index in [2.05, 4.69) is 4.90 Å². The fourth-order valence-electron chi connectivity index (χ4n) is 2.21. The number of aliphatic carboxylic acids is 1. The number of carbonyl (C=O) groups excluding carboxylic acids is 1. The van der Waals surface area contributed by atoms with Crippen LogP contribution in [0.3, 0.4) is 0 Å². The molecule has 6 nitrogen and oxygen atoms in total. The second-order valence-electron chi connectivity index (χ2n) is 5.10. The fourth-order valence-corrected chi connectivity index (χ4v) is 2.21. The molecular formula is C13H24N2O4. The maximum atomic E-state index is 12.2. The number of carboxylic acid groups (broad SMARTS) is 1. The Balaban J connectivity index is 2.43. The Morgan fingerprint density at radius 2 is 1.84 bits per heavy atom. The van der Waals surface area contributed by atoms with Gasteiger partial charge in [0.2, 0.25) is 0 Å². The summed E-state index contributed by atoms with van der Waals surface area (Å²) in [5.41, 5.74) is 0. The lowest BCUT2D eigenvalue weighted by Crippen LogP contribution is -2.40. The Bertz CT molecular complexity index is 320. The molecule has 19 heavy (non-hydrogen) atoms. The summed E-state index contributed by atoms with van der Waals surface area (Å²) >= 11 is 0. The Labute approximate surface area is 114 Å². The van der Waals surface area contributed by atoms with Gasteiger partial charge in [0.05, 0.1) is 0 Å². The third-order valence-electron chi connectivity index (χ3n) is 3.30. The van der Waals surface area contributed by atoms with Gasteiger partial charge >= 0.3 is 5.97 Å². The van der Waals surface area contributed by atoms with Gasteiger partial charge in [0.25, 0.3) is 5.91 Å². The van der Waals surface area contributed by atoms with E-state index in [1.165, 1.54) is 0 Å². The molecule has 1 heterocycles. The van der Waals surface area contributed by atoms with Crippen molar-refractivity contribution in [2.45, 2.75) is 38.4 Å². The first-order chi connectivity index (χ1) is 8.95. The number of hydrogen-bond donors (Lipinski definition) is 1. The minimum atomic E-state index is -0.981. The number of rotatable bonds is 7. The monoisotopic (exact) mass is 272 g/mol. The average molecular weight is 272 g/mol.